The molecule has 1 amide bonds. The molecule has 1 atom stereocenters. The maximum absolute atomic E-state index is 14.5. The van der Waals surface area contributed by atoms with E-state index < -0.39 is 35.3 Å². The Balaban J connectivity index is 1.74. The van der Waals surface area contributed by atoms with Crippen molar-refractivity contribution in [3.63, 3.8) is 0 Å². The third kappa shape index (κ3) is 5.85. The van der Waals surface area contributed by atoms with E-state index >= 15 is 0 Å². The number of nitrogens with one attached hydrogen (secondary N) is 1. The van der Waals surface area contributed by atoms with Crippen LogP contribution in [-0.2, 0) is 14.3 Å². The maximum Gasteiger partial charge on any atom is 0.410 e. The Morgan fingerprint density at radius 2 is 1.92 bits per heavy atom. The summed E-state index contributed by atoms with van der Waals surface area (Å²) >= 11 is 4.50. The summed E-state index contributed by atoms with van der Waals surface area (Å²) in [5.74, 6) is -2.48. The van der Waals surface area contributed by atoms with Gasteiger partial charge in [0.15, 0.2) is 22.5 Å². The summed E-state index contributed by atoms with van der Waals surface area (Å²) in [5, 5.41) is 5.65. The van der Waals surface area contributed by atoms with Crippen molar-refractivity contribution >= 4 is 45.2 Å². The van der Waals surface area contributed by atoms with Crippen LogP contribution in [0, 0.1) is 17.6 Å². The van der Waals surface area contributed by atoms with Gasteiger partial charge < -0.3 is 19.7 Å². The van der Waals surface area contributed by atoms with E-state index in [1.54, 1.807) is 16.5 Å². The number of carbonyl (C=O) groups excluding carboxylic acids is 2. The van der Waals surface area contributed by atoms with Gasteiger partial charge in [-0.3, -0.25) is 4.99 Å². The molecule has 1 aromatic heterocycles. The van der Waals surface area contributed by atoms with Gasteiger partial charge in [-0.05, 0) is 61.2 Å². The number of ether oxygens (including phenoxy) is 2. The molecule has 37 heavy (non-hydrogen) atoms. The molecule has 12 heteroatoms. The third-order valence-corrected chi connectivity index (χ3v) is 7.62. The smallest absolute Gasteiger partial charge is 0.410 e. The predicted octanol–water partition coefficient (Wildman–Crippen LogP) is 5.35. The number of benzene rings is 1. The second-order valence-electron chi connectivity index (χ2n) is 9.67. The summed E-state index contributed by atoms with van der Waals surface area (Å²) in [5.41, 5.74) is 0.435. The van der Waals surface area contributed by atoms with Crippen LogP contribution >= 0.6 is 27.3 Å². The third-order valence-electron chi connectivity index (χ3n) is 6.03. The Kier molecular flexibility index (Phi) is 7.98. The number of nitrogens with zero attached hydrogens (tertiary/aromatic N) is 3. The van der Waals surface area contributed by atoms with Crippen LogP contribution in [0.5, 0.6) is 0 Å². The van der Waals surface area contributed by atoms with Crippen LogP contribution in [0.3, 0.4) is 0 Å². The van der Waals surface area contributed by atoms with E-state index in [0.717, 1.165) is 6.07 Å². The van der Waals surface area contributed by atoms with Gasteiger partial charge in [0.2, 0.25) is 0 Å². The Morgan fingerprint density at radius 3 is 2.51 bits per heavy atom. The lowest BCUT2D eigenvalue weighted by molar-refractivity contribution is -0.136. The van der Waals surface area contributed by atoms with Crippen LogP contribution < -0.4 is 5.32 Å². The second kappa shape index (κ2) is 10.9. The lowest BCUT2D eigenvalue weighted by Gasteiger charge is -2.37. The summed E-state index contributed by atoms with van der Waals surface area (Å²) < 4.78 is 38.9. The van der Waals surface area contributed by atoms with Crippen LogP contribution in [0.4, 0.5) is 13.6 Å². The van der Waals surface area contributed by atoms with E-state index in [4.69, 9.17) is 14.5 Å². The van der Waals surface area contributed by atoms with Crippen LogP contribution in [0.15, 0.2) is 44.4 Å². The molecule has 0 aliphatic carbocycles. The number of thiazole rings is 1. The van der Waals surface area contributed by atoms with Crippen LogP contribution in [0.1, 0.15) is 50.2 Å². The maximum atomic E-state index is 14.5. The van der Waals surface area contributed by atoms with Crippen LogP contribution in [0.25, 0.3) is 0 Å². The first-order valence-electron chi connectivity index (χ1n) is 11.7. The molecule has 0 bridgehead atoms. The van der Waals surface area contributed by atoms with Crippen molar-refractivity contribution in [2.45, 2.75) is 45.3 Å². The molecular weight excluding hydrogens is 570 g/mol. The number of piperidine rings is 1. The quantitative estimate of drug-likeness (QED) is 0.378. The number of methoxy groups -OCH3 is 1. The SMILES string of the molecule is COC(=O)C1=C(C2CCN(C(=O)OC(C)(C)C)CC2)NC(c2nccs2)=NC1c1ccc(F)c(F)c1Br. The largest absolute Gasteiger partial charge is 0.466 e. The number of amides is 1. The molecule has 1 saturated heterocycles. The Hall–Kier alpha value is -2.86. The van der Waals surface area contributed by atoms with E-state index in [0.29, 0.717) is 42.5 Å². The highest BCUT2D eigenvalue weighted by Crippen LogP contribution is 2.41. The first kappa shape index (κ1) is 27.2. The molecule has 2 aliphatic rings. The van der Waals surface area contributed by atoms with Crippen molar-refractivity contribution < 1.29 is 27.8 Å². The topological polar surface area (TPSA) is 93.1 Å². The Bertz CT molecular complexity index is 1250. The molecule has 4 rings (SSSR count). The number of rotatable bonds is 4. The van der Waals surface area contributed by atoms with Gasteiger partial charge in [-0.25, -0.2) is 23.4 Å². The zero-order chi connectivity index (χ0) is 26.9. The molecule has 1 aromatic carbocycles. The standard InChI is InChI=1S/C25H27BrF2N4O4S/c1-25(2,3)36-24(34)32-10-7-13(8-11-32)19-16(23(33)35-4)20(14-5-6-15(27)18(28)17(14)26)31-21(30-19)22-29-9-12-37-22/h5-6,9,12-13,20H,7-8,10-11H2,1-4H3,(H,30,31). The van der Waals surface area contributed by atoms with Crippen molar-refractivity contribution in [3.8, 4) is 0 Å². The molecule has 1 N–H and O–H groups in total. The Labute approximate surface area is 225 Å². The number of carbonyl (C=O) groups is 2. The predicted molar refractivity (Wildman–Crippen MR) is 138 cm³/mol. The molecule has 2 aliphatic heterocycles. The van der Waals surface area contributed by atoms with Crippen LogP contribution in [0.2, 0.25) is 0 Å². The number of allylic oxidation sites excluding steroid dienone is 1. The van der Waals surface area contributed by atoms with E-state index in [2.05, 4.69) is 26.2 Å². The minimum absolute atomic E-state index is 0.123. The van der Waals surface area contributed by atoms with Gasteiger partial charge in [0.05, 0.1) is 17.2 Å². The van der Waals surface area contributed by atoms with E-state index in [1.807, 2.05) is 20.8 Å². The fraction of sp³-hybridized carbons (Fsp3) is 0.440. The van der Waals surface area contributed by atoms with E-state index in [-0.39, 0.29) is 21.5 Å². The van der Waals surface area contributed by atoms with Crippen molar-refractivity contribution in [3.05, 3.63) is 61.7 Å². The number of likely N-dealkylation sites (tertiary alicyclic amines) is 1. The fourth-order valence-electron chi connectivity index (χ4n) is 4.32. The molecule has 1 unspecified atom stereocenters. The molecule has 1 fully saturated rings. The highest BCUT2D eigenvalue weighted by Gasteiger charge is 2.38. The number of amidine groups is 1. The molecule has 0 spiro atoms. The van der Waals surface area contributed by atoms with E-state index in [1.165, 1.54) is 24.5 Å². The number of aromatic nitrogens is 1. The molecule has 0 saturated carbocycles. The lowest BCUT2D eigenvalue weighted by Crippen LogP contribution is -2.44. The van der Waals surface area contributed by atoms with Crippen LogP contribution in [-0.4, -0.2) is 53.6 Å². The highest BCUT2D eigenvalue weighted by atomic mass is 79.9. The number of aliphatic imine (C=N–C) groups is 1. The van der Waals surface area contributed by atoms with Gasteiger partial charge in [-0.15, -0.1) is 11.3 Å². The minimum atomic E-state index is -1.07. The Morgan fingerprint density at radius 1 is 1.22 bits per heavy atom. The van der Waals surface area contributed by atoms with Crippen molar-refractivity contribution in [2.75, 3.05) is 20.2 Å². The summed E-state index contributed by atoms with van der Waals surface area (Å²) in [7, 11) is 1.26. The molecular formula is C25H27BrF2N4O4S. The number of esters is 1. The van der Waals surface area contributed by atoms with E-state index in [9.17, 15) is 18.4 Å². The summed E-state index contributed by atoms with van der Waals surface area (Å²) in [6.45, 7) is 6.28. The van der Waals surface area contributed by atoms with Crippen molar-refractivity contribution in [1.82, 2.24) is 15.2 Å². The van der Waals surface area contributed by atoms with Gasteiger partial charge in [-0.1, -0.05) is 6.07 Å². The summed E-state index contributed by atoms with van der Waals surface area (Å²) in [4.78, 5) is 36.4. The monoisotopic (exact) mass is 596 g/mol. The van der Waals surface area contributed by atoms with Gasteiger partial charge in [0.1, 0.15) is 11.6 Å². The van der Waals surface area contributed by atoms with Gasteiger partial charge >= 0.3 is 12.1 Å². The van der Waals surface area contributed by atoms with Crippen molar-refractivity contribution in [1.29, 1.82) is 0 Å². The summed E-state index contributed by atoms with van der Waals surface area (Å²) in [6, 6.07) is 1.42. The summed E-state index contributed by atoms with van der Waals surface area (Å²) in [6.07, 6.45) is 2.32. The first-order valence-corrected chi connectivity index (χ1v) is 13.4. The average molecular weight is 597 g/mol. The normalized spacial score (nSPS) is 18.8. The average Bonchev–Trinajstić information content (AvgIpc) is 3.40. The fourth-order valence-corrected chi connectivity index (χ4v) is 5.45. The van der Waals surface area contributed by atoms with Crippen molar-refractivity contribution in [2.24, 2.45) is 10.9 Å². The minimum Gasteiger partial charge on any atom is -0.466 e. The number of hydrogen-bond donors (Lipinski definition) is 1. The van der Waals surface area contributed by atoms with Gasteiger partial charge in [-0.2, -0.15) is 0 Å². The number of hydrogen-bond acceptors (Lipinski definition) is 8. The van der Waals surface area contributed by atoms with Gasteiger partial charge in [0, 0.05) is 36.3 Å². The zero-order valence-electron chi connectivity index (χ0n) is 20.8. The molecule has 198 valence electrons. The first-order chi connectivity index (χ1) is 17.5. The molecule has 0 radical (unpaired) electrons. The molecule has 3 heterocycles. The highest BCUT2D eigenvalue weighted by molar-refractivity contribution is 9.10. The second-order valence-corrected chi connectivity index (χ2v) is 11.4. The zero-order valence-corrected chi connectivity index (χ0v) is 23.2. The molecule has 2 aromatic rings. The molecule has 8 nitrogen and oxygen atoms in total. The van der Waals surface area contributed by atoms with Gasteiger partial charge in [0.25, 0.3) is 0 Å². The lowest BCUT2D eigenvalue weighted by atomic mass is 9.85. The number of halogens is 3.